The highest BCUT2D eigenvalue weighted by Gasteiger charge is 2.36. The zero-order valence-corrected chi connectivity index (χ0v) is 32.2. The number of fused-ring (bicyclic) bond motifs is 12. The Labute approximate surface area is 336 Å². The van der Waals surface area contributed by atoms with Crippen LogP contribution < -0.4 is 0 Å². The number of rotatable bonds is 4. The summed E-state index contributed by atoms with van der Waals surface area (Å²) in [7, 11) is 0. The largest absolute Gasteiger partial charge is 0.309 e. The molecule has 0 fully saturated rings. The van der Waals surface area contributed by atoms with Crippen LogP contribution in [0.3, 0.4) is 0 Å². The van der Waals surface area contributed by atoms with Crippen molar-refractivity contribution in [2.24, 2.45) is 0 Å². The summed E-state index contributed by atoms with van der Waals surface area (Å²) in [5.74, 6) is 0. The van der Waals surface area contributed by atoms with Gasteiger partial charge in [0, 0.05) is 45.0 Å². The third kappa shape index (κ3) is 4.80. The fourth-order valence-corrected chi connectivity index (χ4v) is 9.77. The van der Waals surface area contributed by atoms with E-state index in [2.05, 4.69) is 194 Å². The van der Waals surface area contributed by atoms with Crippen LogP contribution >= 0.6 is 0 Å². The van der Waals surface area contributed by atoms with Crippen molar-refractivity contribution in [3.63, 3.8) is 0 Å². The van der Waals surface area contributed by atoms with Crippen molar-refractivity contribution in [3.8, 4) is 50.2 Å². The lowest BCUT2D eigenvalue weighted by Gasteiger charge is -2.23. The number of hydrogen-bond donors (Lipinski definition) is 0. The van der Waals surface area contributed by atoms with E-state index in [9.17, 15) is 0 Å². The zero-order chi connectivity index (χ0) is 38.5. The van der Waals surface area contributed by atoms with Crippen LogP contribution in [-0.2, 0) is 5.41 Å². The van der Waals surface area contributed by atoms with Crippen LogP contribution in [0.5, 0.6) is 0 Å². The standard InChI is InChI=1S/C55H37N3/c1-55(2)49-32-38(35-18-16-34(17-19-35)36-23-27-52-47(30-36)45-13-8-9-15-51(45)58(52)40-10-4-3-5-11-40)21-25-43(49)44-26-22-39(33-50(44)55)37-20-24-42-41-12-6-7-14-46(41)53-54(48(42)31-37)57-29-28-56-53/h3-33H,1-2H3. The fourth-order valence-electron chi connectivity index (χ4n) is 9.77. The smallest absolute Gasteiger partial charge is 0.0971 e. The van der Waals surface area contributed by atoms with E-state index in [4.69, 9.17) is 9.97 Å². The van der Waals surface area contributed by atoms with E-state index in [-0.39, 0.29) is 5.41 Å². The molecule has 58 heavy (non-hydrogen) atoms. The van der Waals surface area contributed by atoms with Crippen molar-refractivity contribution in [2.75, 3.05) is 0 Å². The predicted molar refractivity (Wildman–Crippen MR) is 243 cm³/mol. The topological polar surface area (TPSA) is 30.7 Å². The van der Waals surface area contributed by atoms with Gasteiger partial charge in [0.25, 0.3) is 0 Å². The second-order valence-corrected chi connectivity index (χ2v) is 16.2. The number of hydrogen-bond acceptors (Lipinski definition) is 2. The number of para-hydroxylation sites is 2. The van der Waals surface area contributed by atoms with E-state index in [1.807, 2.05) is 0 Å². The lowest BCUT2D eigenvalue weighted by molar-refractivity contribution is 0.661. The van der Waals surface area contributed by atoms with Gasteiger partial charge in [-0.1, -0.05) is 141 Å². The highest BCUT2D eigenvalue weighted by molar-refractivity contribution is 6.23. The van der Waals surface area contributed by atoms with Crippen LogP contribution in [0.15, 0.2) is 188 Å². The molecule has 2 heterocycles. The maximum atomic E-state index is 4.82. The zero-order valence-electron chi connectivity index (χ0n) is 32.2. The molecule has 11 aromatic rings. The summed E-state index contributed by atoms with van der Waals surface area (Å²) in [5, 5.41) is 7.21. The predicted octanol–water partition coefficient (Wildman–Crippen LogP) is 14.3. The molecule has 1 aliphatic rings. The number of benzene rings is 9. The molecule has 0 bridgehead atoms. The van der Waals surface area contributed by atoms with Crippen molar-refractivity contribution < 1.29 is 0 Å². The van der Waals surface area contributed by atoms with E-state index in [1.54, 1.807) is 12.4 Å². The fraction of sp³-hybridized carbons (Fsp3) is 0.0545. The van der Waals surface area contributed by atoms with Gasteiger partial charge < -0.3 is 4.57 Å². The normalized spacial score (nSPS) is 13.1. The second kappa shape index (κ2) is 12.3. The Morgan fingerprint density at radius 2 is 0.828 bits per heavy atom. The van der Waals surface area contributed by atoms with Crippen LogP contribution in [0.25, 0.3) is 105 Å². The minimum Gasteiger partial charge on any atom is -0.309 e. The molecular weight excluding hydrogens is 703 g/mol. The number of aromatic nitrogens is 3. The molecule has 0 saturated heterocycles. The van der Waals surface area contributed by atoms with Gasteiger partial charge in [-0.15, -0.1) is 0 Å². The van der Waals surface area contributed by atoms with Crippen LogP contribution in [0.1, 0.15) is 25.0 Å². The molecule has 0 saturated carbocycles. The molecule has 1 aliphatic carbocycles. The first-order chi connectivity index (χ1) is 28.5. The van der Waals surface area contributed by atoms with Gasteiger partial charge in [0.05, 0.1) is 22.1 Å². The summed E-state index contributed by atoms with van der Waals surface area (Å²) in [5.41, 5.74) is 18.0. The van der Waals surface area contributed by atoms with E-state index in [0.717, 1.165) is 21.8 Å². The second-order valence-electron chi connectivity index (χ2n) is 16.2. The SMILES string of the molecule is CC1(C)c2cc(-c3ccc(-c4ccc5c(c4)c4ccccc4n5-c4ccccc4)cc3)ccc2-c2ccc(-c3ccc4c5ccccc5c5nccnc5c4c3)cc21. The van der Waals surface area contributed by atoms with Crippen LogP contribution in [-0.4, -0.2) is 14.5 Å². The average molecular weight is 740 g/mol. The third-order valence-electron chi connectivity index (χ3n) is 12.7. The lowest BCUT2D eigenvalue weighted by Crippen LogP contribution is -2.15. The highest BCUT2D eigenvalue weighted by Crippen LogP contribution is 2.51. The van der Waals surface area contributed by atoms with Gasteiger partial charge in [0.2, 0.25) is 0 Å². The molecule has 3 heteroatoms. The van der Waals surface area contributed by atoms with Gasteiger partial charge in [0.15, 0.2) is 0 Å². The summed E-state index contributed by atoms with van der Waals surface area (Å²) < 4.78 is 2.37. The van der Waals surface area contributed by atoms with Crippen molar-refractivity contribution in [1.29, 1.82) is 0 Å². The molecule has 0 atom stereocenters. The van der Waals surface area contributed by atoms with Crippen molar-refractivity contribution >= 4 is 54.4 Å². The van der Waals surface area contributed by atoms with Gasteiger partial charge >= 0.3 is 0 Å². The summed E-state index contributed by atoms with van der Waals surface area (Å²) in [4.78, 5) is 9.59. The first-order valence-corrected chi connectivity index (χ1v) is 20.1. The monoisotopic (exact) mass is 739 g/mol. The van der Waals surface area contributed by atoms with Crippen LogP contribution in [0.2, 0.25) is 0 Å². The van der Waals surface area contributed by atoms with E-state index >= 15 is 0 Å². The lowest BCUT2D eigenvalue weighted by atomic mass is 9.80. The van der Waals surface area contributed by atoms with E-state index in [1.165, 1.54) is 93.9 Å². The quantitative estimate of drug-likeness (QED) is 0.168. The Kier molecular flexibility index (Phi) is 6.98. The first-order valence-electron chi connectivity index (χ1n) is 20.1. The molecular formula is C55H37N3. The molecule has 3 nitrogen and oxygen atoms in total. The molecule has 0 spiro atoms. The molecule has 0 N–H and O–H groups in total. The van der Waals surface area contributed by atoms with Crippen molar-refractivity contribution in [1.82, 2.24) is 14.5 Å². The summed E-state index contributed by atoms with van der Waals surface area (Å²) in [6, 6.07) is 64.7. The molecule has 9 aromatic carbocycles. The molecule has 0 radical (unpaired) electrons. The van der Waals surface area contributed by atoms with Crippen molar-refractivity contribution in [3.05, 3.63) is 199 Å². The third-order valence-corrected chi connectivity index (χ3v) is 12.7. The molecule has 2 aromatic heterocycles. The molecule has 0 unspecified atom stereocenters. The Bertz CT molecular complexity index is 3430. The Morgan fingerprint density at radius 1 is 0.362 bits per heavy atom. The van der Waals surface area contributed by atoms with Crippen LogP contribution in [0, 0.1) is 0 Å². The molecule has 0 amide bonds. The van der Waals surface area contributed by atoms with Gasteiger partial charge in [0.1, 0.15) is 0 Å². The first kappa shape index (κ1) is 32.8. The highest BCUT2D eigenvalue weighted by atomic mass is 15.0. The Morgan fingerprint density at radius 3 is 1.53 bits per heavy atom. The maximum Gasteiger partial charge on any atom is 0.0971 e. The minimum atomic E-state index is -0.157. The molecule has 272 valence electrons. The summed E-state index contributed by atoms with van der Waals surface area (Å²) >= 11 is 0. The Balaban J connectivity index is 0.881. The van der Waals surface area contributed by atoms with E-state index in [0.29, 0.717) is 0 Å². The summed E-state index contributed by atoms with van der Waals surface area (Å²) in [6.07, 6.45) is 3.59. The average Bonchev–Trinajstić information content (AvgIpc) is 3.74. The number of nitrogens with zero attached hydrogens (tertiary/aromatic N) is 3. The van der Waals surface area contributed by atoms with Gasteiger partial charge in [-0.3, -0.25) is 9.97 Å². The molecule has 0 aliphatic heterocycles. The summed E-state index contributed by atoms with van der Waals surface area (Å²) in [6.45, 7) is 4.74. The minimum absolute atomic E-state index is 0.157. The van der Waals surface area contributed by atoms with Gasteiger partial charge in [-0.2, -0.15) is 0 Å². The maximum absolute atomic E-state index is 4.82. The Hall–Kier alpha value is -7.36. The van der Waals surface area contributed by atoms with Gasteiger partial charge in [-0.05, 0) is 115 Å². The van der Waals surface area contributed by atoms with E-state index < -0.39 is 0 Å². The molecule has 12 rings (SSSR count). The van der Waals surface area contributed by atoms with Crippen LogP contribution in [0.4, 0.5) is 0 Å². The van der Waals surface area contributed by atoms with Crippen molar-refractivity contribution in [2.45, 2.75) is 19.3 Å². The van der Waals surface area contributed by atoms with Gasteiger partial charge in [-0.25, -0.2) is 0 Å².